The number of benzene rings is 1. The second kappa shape index (κ2) is 4.80. The number of carbonyl (C=O) groups excluding carboxylic acids is 1. The average molecular weight is 286 g/mol. The Labute approximate surface area is 120 Å². The van der Waals surface area contributed by atoms with Crippen LogP contribution in [0, 0.1) is 13.8 Å². The van der Waals surface area contributed by atoms with E-state index in [2.05, 4.69) is 0 Å². The number of rotatable bonds is 3. The molecule has 3 nitrogen and oxygen atoms in total. The van der Waals surface area contributed by atoms with Crippen LogP contribution in [0.1, 0.15) is 25.9 Å². The molecule has 3 aromatic rings. The Hall–Kier alpha value is -2.07. The van der Waals surface area contributed by atoms with Crippen molar-refractivity contribution in [1.82, 2.24) is 0 Å². The van der Waals surface area contributed by atoms with Crippen molar-refractivity contribution in [1.29, 1.82) is 0 Å². The maximum Gasteiger partial charge on any atom is 0.238 e. The third-order valence-electron chi connectivity index (χ3n) is 3.31. The first-order valence-electron chi connectivity index (χ1n) is 6.28. The van der Waals surface area contributed by atoms with Gasteiger partial charge in [-0.1, -0.05) is 0 Å². The summed E-state index contributed by atoms with van der Waals surface area (Å²) in [7, 11) is 1.62. The Kier molecular flexibility index (Phi) is 3.10. The lowest BCUT2D eigenvalue weighted by atomic mass is 10.1. The normalized spacial score (nSPS) is 10.9. The Balaban J connectivity index is 2.12. The zero-order chi connectivity index (χ0) is 14.3. The van der Waals surface area contributed by atoms with Crippen molar-refractivity contribution in [2.75, 3.05) is 7.11 Å². The van der Waals surface area contributed by atoms with Crippen molar-refractivity contribution >= 4 is 28.1 Å². The minimum atomic E-state index is -0.0595. The monoisotopic (exact) mass is 286 g/mol. The average Bonchev–Trinajstić information content (AvgIpc) is 3.02. The summed E-state index contributed by atoms with van der Waals surface area (Å²) in [6, 6.07) is 9.34. The molecule has 0 amide bonds. The van der Waals surface area contributed by atoms with Crippen LogP contribution in [0.2, 0.25) is 0 Å². The Morgan fingerprint density at radius 1 is 1.20 bits per heavy atom. The molecular formula is C16H14O3S. The van der Waals surface area contributed by atoms with Gasteiger partial charge in [0.15, 0.2) is 5.76 Å². The van der Waals surface area contributed by atoms with E-state index >= 15 is 0 Å². The summed E-state index contributed by atoms with van der Waals surface area (Å²) >= 11 is 1.48. The number of ketones is 1. The van der Waals surface area contributed by atoms with Crippen LogP contribution in [0.3, 0.4) is 0 Å². The molecule has 0 aliphatic heterocycles. The first-order valence-corrected chi connectivity index (χ1v) is 7.10. The van der Waals surface area contributed by atoms with E-state index in [1.165, 1.54) is 11.3 Å². The van der Waals surface area contributed by atoms with Gasteiger partial charge < -0.3 is 9.15 Å². The van der Waals surface area contributed by atoms with Gasteiger partial charge in [0.05, 0.1) is 12.0 Å². The van der Waals surface area contributed by atoms with Gasteiger partial charge in [0.1, 0.15) is 11.3 Å². The molecule has 0 N–H and O–H groups in total. The molecule has 2 aromatic heterocycles. The SMILES string of the molecule is COc1ccc2oc(C(=O)c3ccc(C)s3)c(C)c2c1. The predicted molar refractivity (Wildman–Crippen MR) is 80.0 cm³/mol. The molecule has 0 atom stereocenters. The number of carbonyl (C=O) groups is 1. The molecule has 0 aliphatic carbocycles. The van der Waals surface area contributed by atoms with Crippen LogP contribution in [0.15, 0.2) is 34.7 Å². The number of methoxy groups -OCH3 is 1. The topological polar surface area (TPSA) is 39.4 Å². The molecule has 0 aliphatic rings. The summed E-state index contributed by atoms with van der Waals surface area (Å²) < 4.78 is 10.9. The number of thiophene rings is 1. The molecule has 0 saturated heterocycles. The molecule has 20 heavy (non-hydrogen) atoms. The highest BCUT2D eigenvalue weighted by Gasteiger charge is 2.20. The van der Waals surface area contributed by atoms with Crippen molar-refractivity contribution in [3.63, 3.8) is 0 Å². The van der Waals surface area contributed by atoms with Crippen LogP contribution in [-0.4, -0.2) is 12.9 Å². The van der Waals surface area contributed by atoms with Crippen LogP contribution < -0.4 is 4.74 Å². The first-order chi connectivity index (χ1) is 9.60. The molecule has 0 unspecified atom stereocenters. The summed E-state index contributed by atoms with van der Waals surface area (Å²) in [5, 5.41) is 0.918. The Morgan fingerprint density at radius 2 is 2.00 bits per heavy atom. The molecule has 0 fully saturated rings. The fourth-order valence-corrected chi connectivity index (χ4v) is 3.02. The van der Waals surface area contributed by atoms with Crippen LogP contribution in [0.25, 0.3) is 11.0 Å². The van der Waals surface area contributed by atoms with E-state index in [-0.39, 0.29) is 5.78 Å². The number of hydrogen-bond donors (Lipinski definition) is 0. The van der Waals surface area contributed by atoms with E-state index in [9.17, 15) is 4.79 Å². The standard InChI is InChI=1S/C16H14O3S/c1-9-4-7-14(20-9)15(17)16-10(2)12-8-11(18-3)5-6-13(12)19-16/h4-8H,1-3H3. The van der Waals surface area contributed by atoms with Gasteiger partial charge in [-0.15, -0.1) is 11.3 Å². The fourth-order valence-electron chi connectivity index (χ4n) is 2.21. The lowest BCUT2D eigenvalue weighted by Crippen LogP contribution is -1.98. The maximum absolute atomic E-state index is 12.5. The zero-order valence-corrected chi connectivity index (χ0v) is 12.3. The van der Waals surface area contributed by atoms with Crippen molar-refractivity contribution < 1.29 is 13.9 Å². The van der Waals surface area contributed by atoms with E-state index in [0.29, 0.717) is 16.2 Å². The number of furan rings is 1. The highest BCUT2D eigenvalue weighted by atomic mass is 32.1. The zero-order valence-electron chi connectivity index (χ0n) is 11.5. The highest BCUT2D eigenvalue weighted by molar-refractivity contribution is 7.14. The Bertz CT molecular complexity index is 795. The molecule has 0 bridgehead atoms. The van der Waals surface area contributed by atoms with Crippen LogP contribution in [0.5, 0.6) is 5.75 Å². The first kappa shape index (κ1) is 12.9. The van der Waals surface area contributed by atoms with Gasteiger partial charge in [-0.25, -0.2) is 0 Å². The quantitative estimate of drug-likeness (QED) is 0.672. The molecule has 0 spiro atoms. The summed E-state index contributed by atoms with van der Waals surface area (Å²) in [4.78, 5) is 14.3. The number of hydrogen-bond acceptors (Lipinski definition) is 4. The van der Waals surface area contributed by atoms with Crippen molar-refractivity contribution in [2.24, 2.45) is 0 Å². The van der Waals surface area contributed by atoms with E-state index in [1.54, 1.807) is 7.11 Å². The van der Waals surface area contributed by atoms with Crippen LogP contribution >= 0.6 is 11.3 Å². The lowest BCUT2D eigenvalue weighted by molar-refractivity contribution is 0.101. The van der Waals surface area contributed by atoms with Crippen molar-refractivity contribution in [2.45, 2.75) is 13.8 Å². The van der Waals surface area contributed by atoms with Crippen molar-refractivity contribution in [3.05, 3.63) is 51.4 Å². The third-order valence-corrected chi connectivity index (χ3v) is 4.31. The minimum Gasteiger partial charge on any atom is -0.497 e. The molecule has 0 saturated carbocycles. The summed E-state index contributed by atoms with van der Waals surface area (Å²) in [6.45, 7) is 3.89. The summed E-state index contributed by atoms with van der Waals surface area (Å²) in [5.74, 6) is 1.11. The molecule has 4 heteroatoms. The summed E-state index contributed by atoms with van der Waals surface area (Å²) in [6.07, 6.45) is 0. The van der Waals surface area contributed by atoms with Gasteiger partial charge in [-0.3, -0.25) is 4.79 Å². The fraction of sp³-hybridized carbons (Fsp3) is 0.188. The molecule has 2 heterocycles. The lowest BCUT2D eigenvalue weighted by Gasteiger charge is -1.97. The van der Waals surface area contributed by atoms with Crippen LogP contribution in [-0.2, 0) is 0 Å². The number of fused-ring (bicyclic) bond motifs is 1. The Morgan fingerprint density at radius 3 is 2.65 bits per heavy atom. The van der Waals surface area contributed by atoms with Gasteiger partial charge in [-0.2, -0.15) is 0 Å². The smallest absolute Gasteiger partial charge is 0.238 e. The largest absolute Gasteiger partial charge is 0.497 e. The maximum atomic E-state index is 12.5. The van der Waals surface area contributed by atoms with Gasteiger partial charge >= 0.3 is 0 Å². The molecular weight excluding hydrogens is 272 g/mol. The van der Waals surface area contributed by atoms with Gasteiger partial charge in [0.25, 0.3) is 0 Å². The highest BCUT2D eigenvalue weighted by Crippen LogP contribution is 2.31. The minimum absolute atomic E-state index is 0.0595. The predicted octanol–water partition coefficient (Wildman–Crippen LogP) is 4.35. The van der Waals surface area contributed by atoms with E-state index < -0.39 is 0 Å². The number of aryl methyl sites for hydroxylation is 2. The molecule has 102 valence electrons. The second-order valence-electron chi connectivity index (χ2n) is 4.66. The molecule has 1 aromatic carbocycles. The second-order valence-corrected chi connectivity index (χ2v) is 5.95. The third kappa shape index (κ3) is 2.02. The van der Waals surface area contributed by atoms with Crippen LogP contribution in [0.4, 0.5) is 0 Å². The summed E-state index contributed by atoms with van der Waals surface area (Å²) in [5.41, 5.74) is 1.56. The van der Waals surface area contributed by atoms with E-state index in [4.69, 9.17) is 9.15 Å². The van der Waals surface area contributed by atoms with Gasteiger partial charge in [0.2, 0.25) is 5.78 Å². The van der Waals surface area contributed by atoms with Gasteiger partial charge in [-0.05, 0) is 44.2 Å². The van der Waals surface area contributed by atoms with Crippen molar-refractivity contribution in [3.8, 4) is 5.75 Å². The molecule has 0 radical (unpaired) electrons. The van der Waals surface area contributed by atoms with Gasteiger partial charge in [0, 0.05) is 15.8 Å². The van der Waals surface area contributed by atoms with E-state index in [0.717, 1.165) is 21.6 Å². The molecule has 3 rings (SSSR count). The van der Waals surface area contributed by atoms with E-state index in [1.807, 2.05) is 44.2 Å². The number of ether oxygens (including phenoxy) is 1.